The van der Waals surface area contributed by atoms with Crippen LogP contribution in [0, 0.1) is 0 Å². The van der Waals surface area contributed by atoms with Crippen LogP contribution in [0.1, 0.15) is 44.5 Å². The molecule has 8 rings (SSSR count). The Kier molecular flexibility index (Phi) is 55.1. The lowest BCUT2D eigenvalue weighted by Crippen LogP contribution is -1.93. The zero-order chi connectivity index (χ0) is 74.1. The smallest absolute Gasteiger partial charge is 0.126 e. The molecule has 0 aliphatic rings. The van der Waals surface area contributed by atoms with Crippen molar-refractivity contribution in [3.05, 3.63) is 291 Å². The highest BCUT2D eigenvalue weighted by atomic mass is 16.3. The van der Waals surface area contributed by atoms with Gasteiger partial charge in [-0.2, -0.15) is 0 Å². The maximum atomic E-state index is 10.4. The van der Waals surface area contributed by atoms with Crippen LogP contribution in [0.5, 0.6) is 46.0 Å². The maximum Gasteiger partial charge on any atom is 0.126 e. The third-order valence-corrected chi connectivity index (χ3v) is 12.8. The molecule has 96 heavy (non-hydrogen) atoms. The maximum absolute atomic E-state index is 10.4. The van der Waals surface area contributed by atoms with Gasteiger partial charge < -0.3 is 81.7 Å². The van der Waals surface area contributed by atoms with Crippen molar-refractivity contribution < 1.29 is 81.7 Å². The molecule has 8 aromatic rings. The van der Waals surface area contributed by atoms with Gasteiger partial charge in [-0.25, -0.2) is 0 Å². The van der Waals surface area contributed by atoms with E-state index in [4.69, 9.17) is 40.9 Å². The van der Waals surface area contributed by atoms with Gasteiger partial charge in [0.1, 0.15) is 46.0 Å². The number of aliphatic hydroxyl groups excluding tert-OH is 8. The molecule has 0 aliphatic carbocycles. The molecule has 0 saturated carbocycles. The van der Waals surface area contributed by atoms with Gasteiger partial charge in [-0.05, 0) is 191 Å². The lowest BCUT2D eigenvalue weighted by atomic mass is 9.91. The molecule has 16 heteroatoms. The summed E-state index contributed by atoms with van der Waals surface area (Å²) in [7, 11) is 8.00. The van der Waals surface area contributed by atoms with E-state index in [-0.39, 0.29) is 46.0 Å². The van der Waals surface area contributed by atoms with Crippen LogP contribution in [0.25, 0.3) is 44.5 Å². The van der Waals surface area contributed by atoms with Crippen molar-refractivity contribution in [1.29, 1.82) is 0 Å². The third-order valence-electron chi connectivity index (χ3n) is 12.8. The molecule has 0 saturated heterocycles. The van der Waals surface area contributed by atoms with Crippen molar-refractivity contribution in [2.45, 2.75) is 51.4 Å². The van der Waals surface area contributed by atoms with Gasteiger partial charge in [0.05, 0.1) is 0 Å². The first-order valence-electron chi connectivity index (χ1n) is 29.6. The van der Waals surface area contributed by atoms with E-state index in [2.05, 4.69) is 52.6 Å². The molecule has 0 amide bonds. The first-order valence-corrected chi connectivity index (χ1v) is 29.6. The van der Waals surface area contributed by atoms with Gasteiger partial charge in [-0.15, -0.1) is 52.6 Å². The molecule has 0 aromatic heterocycles. The van der Waals surface area contributed by atoms with Crippen LogP contribution in [0.15, 0.2) is 247 Å². The summed E-state index contributed by atoms with van der Waals surface area (Å²) >= 11 is 0. The molecule has 16 nitrogen and oxygen atoms in total. The molecule has 16 N–H and O–H groups in total. The average Bonchev–Trinajstić information content (AvgIpc) is 0.833. The predicted octanol–water partition coefficient (Wildman–Crippen LogP) is 13.8. The molecule has 0 fully saturated rings. The van der Waals surface area contributed by atoms with Crippen LogP contribution in [-0.2, 0) is 51.4 Å². The summed E-state index contributed by atoms with van der Waals surface area (Å²) in [5.41, 5.74) is 14.3. The number of aliphatic hydroxyl groups is 8. The number of allylic oxidation sites excluding steroid dienone is 8. The van der Waals surface area contributed by atoms with Crippen molar-refractivity contribution in [1.82, 2.24) is 0 Å². The zero-order valence-corrected chi connectivity index (χ0v) is 56.9. The molecule has 0 aliphatic heterocycles. The Morgan fingerprint density at radius 1 is 0.240 bits per heavy atom. The fourth-order valence-electron chi connectivity index (χ4n) is 9.11. The lowest BCUT2D eigenvalue weighted by Gasteiger charge is -2.14. The van der Waals surface area contributed by atoms with Crippen LogP contribution in [0.4, 0.5) is 0 Å². The lowest BCUT2D eigenvalue weighted by molar-refractivity contribution is 0.399. The van der Waals surface area contributed by atoms with Crippen molar-refractivity contribution >= 4 is 0 Å². The molecule has 0 unspecified atom stereocenters. The minimum absolute atomic E-state index is 0.214. The quantitative estimate of drug-likeness (QED) is 0.0315. The van der Waals surface area contributed by atoms with E-state index >= 15 is 0 Å². The highest BCUT2D eigenvalue weighted by molar-refractivity contribution is 5.79. The minimum Gasteiger partial charge on any atom is -0.508 e. The summed E-state index contributed by atoms with van der Waals surface area (Å²) in [5.74, 6) is 1.86. The van der Waals surface area contributed by atoms with Crippen molar-refractivity contribution in [3.63, 3.8) is 0 Å². The van der Waals surface area contributed by atoms with Crippen molar-refractivity contribution in [3.8, 4) is 90.5 Å². The molecule has 0 bridgehead atoms. The molecule has 0 atom stereocenters. The van der Waals surface area contributed by atoms with Crippen LogP contribution < -0.4 is 0 Å². The normalized spacial score (nSPS) is 9.00. The van der Waals surface area contributed by atoms with Crippen molar-refractivity contribution in [2.24, 2.45) is 0 Å². The molecular weight excluding hydrogens is 1220 g/mol. The first-order chi connectivity index (χ1) is 46.6. The Bertz CT molecular complexity index is 3450. The van der Waals surface area contributed by atoms with Crippen LogP contribution in [-0.4, -0.2) is 139 Å². The van der Waals surface area contributed by atoms with Gasteiger partial charge in [-0.3, -0.25) is 0 Å². The van der Waals surface area contributed by atoms with Gasteiger partial charge in [0, 0.05) is 79.1 Å². The van der Waals surface area contributed by atoms with E-state index in [0.717, 1.165) is 159 Å². The van der Waals surface area contributed by atoms with Gasteiger partial charge in [0.25, 0.3) is 0 Å². The number of hydrogen-bond donors (Lipinski definition) is 16. The molecule has 8 aromatic carbocycles. The van der Waals surface area contributed by atoms with Gasteiger partial charge >= 0.3 is 0 Å². The molecule has 520 valence electrons. The molecular formula is C80H104O16. The van der Waals surface area contributed by atoms with Crippen LogP contribution in [0.2, 0.25) is 0 Å². The fourth-order valence-corrected chi connectivity index (χ4v) is 9.11. The third kappa shape index (κ3) is 31.1. The summed E-state index contributed by atoms with van der Waals surface area (Å²) < 4.78 is 0. The Balaban J connectivity index is -0.000000548. The first kappa shape index (κ1) is 92.2. The van der Waals surface area contributed by atoms with E-state index in [9.17, 15) is 40.9 Å². The number of hydrogen-bond acceptors (Lipinski definition) is 16. The molecule has 0 spiro atoms. The number of para-hydroxylation sites is 1. The fraction of sp³-hybridized carbons (Fsp3) is 0.200. The highest BCUT2D eigenvalue weighted by Crippen LogP contribution is 2.40. The summed E-state index contributed by atoms with van der Waals surface area (Å²) in [6.07, 6.45) is 19.6. The van der Waals surface area contributed by atoms with E-state index in [1.807, 2.05) is 91.0 Å². The molecule has 0 radical (unpaired) electrons. The van der Waals surface area contributed by atoms with Crippen molar-refractivity contribution in [2.75, 3.05) is 56.9 Å². The van der Waals surface area contributed by atoms with E-state index in [0.29, 0.717) is 38.5 Å². The summed E-state index contributed by atoms with van der Waals surface area (Å²) in [5, 5.41) is 135. The second-order valence-electron chi connectivity index (χ2n) is 18.6. The Labute approximate surface area is 569 Å². The number of aromatic hydroxyl groups is 8. The van der Waals surface area contributed by atoms with Gasteiger partial charge in [0.15, 0.2) is 0 Å². The number of phenolic OH excluding ortho intramolecular Hbond substituents is 8. The van der Waals surface area contributed by atoms with E-state index < -0.39 is 0 Å². The number of benzene rings is 8. The second kappa shape index (κ2) is 57.4. The Hall–Kier alpha value is -10.2. The Morgan fingerprint density at radius 2 is 0.594 bits per heavy atom. The number of phenols is 8. The summed E-state index contributed by atoms with van der Waals surface area (Å²) in [4.78, 5) is 0. The second-order valence-corrected chi connectivity index (χ2v) is 18.6. The largest absolute Gasteiger partial charge is 0.508 e. The summed E-state index contributed by atoms with van der Waals surface area (Å²) in [6.45, 7) is 29.8. The highest BCUT2D eigenvalue weighted by Gasteiger charge is 2.16. The monoisotopic (exact) mass is 1320 g/mol. The standard InChI is InChI=1S/4C18H18O2.8CH4O/c1-3-6-13-8-5-9-17(20)18(13)16-11-10-15(19)12-14(16)7-4-2;1-3-6-13-8-5-9-17(18(13)20)16-11-10-15(19)12-14(16)7-4-2;1-3-5-13-7-10-18(20)17(11-13)16-9-8-15(19)12-14(16)6-4-2;1-3-5-13-7-9-16(18(20)11-13)14-8-10-17(19)15(12-14)6-4-2;8*1-2/h2*3-5,8-12,19-20H,1-2,6-7H2;2*3-4,7-12,19-20H,1-2,5-6H2;8*2H,1H3. The van der Waals surface area contributed by atoms with Gasteiger partial charge in [0.2, 0.25) is 0 Å². The topological polar surface area (TPSA) is 324 Å². The predicted molar refractivity (Wildman–Crippen MR) is 397 cm³/mol. The number of rotatable bonds is 20. The average molecular weight is 1320 g/mol. The SMILES string of the molecule is C=CCc1cc(O)ccc1-c1c(O)cccc1CC=C.C=CCc1cc(O)ccc1-c1cccc(CC=C)c1O.C=CCc1ccc(-c2ccc(O)c(CC=C)c2)c(O)c1.C=CCc1ccc(O)c(-c2ccc(O)cc2CC=C)c1.CO.CO.CO.CO.CO.CO.CO.CO. The van der Waals surface area contributed by atoms with E-state index in [1.54, 1.807) is 103 Å². The minimum atomic E-state index is 0.214. The Morgan fingerprint density at radius 3 is 1.05 bits per heavy atom. The van der Waals surface area contributed by atoms with Gasteiger partial charge in [-0.1, -0.05) is 121 Å². The molecule has 0 heterocycles. The summed E-state index contributed by atoms with van der Waals surface area (Å²) in [6, 6.07) is 43.1. The van der Waals surface area contributed by atoms with E-state index in [1.165, 1.54) is 0 Å². The van der Waals surface area contributed by atoms with Crippen LogP contribution in [0.3, 0.4) is 0 Å². The van der Waals surface area contributed by atoms with Crippen LogP contribution >= 0.6 is 0 Å². The zero-order valence-electron chi connectivity index (χ0n) is 56.9.